The van der Waals surface area contributed by atoms with Crippen LogP contribution < -0.4 is 10.6 Å². The molecule has 0 unspecified atom stereocenters. The van der Waals surface area contributed by atoms with E-state index < -0.39 is 6.04 Å². The number of carbonyl (C=O) groups excluding carboxylic acids is 2. The van der Waals surface area contributed by atoms with E-state index in [9.17, 15) is 9.59 Å². The number of rotatable bonds is 5. The maximum atomic E-state index is 12.8. The van der Waals surface area contributed by atoms with Crippen LogP contribution in [-0.4, -0.2) is 17.9 Å². The molecule has 0 fully saturated rings. The second-order valence-electron chi connectivity index (χ2n) is 6.16. The van der Waals surface area contributed by atoms with Gasteiger partial charge in [0.15, 0.2) is 0 Å². The van der Waals surface area contributed by atoms with Crippen molar-refractivity contribution in [3.8, 4) is 0 Å². The van der Waals surface area contributed by atoms with E-state index in [0.29, 0.717) is 5.56 Å². The molecule has 1 aliphatic rings. The zero-order chi connectivity index (χ0) is 17.5. The highest BCUT2D eigenvalue weighted by Crippen LogP contribution is 2.16. The highest BCUT2D eigenvalue weighted by atomic mass is 16.2. The Hall–Kier alpha value is -2.88. The zero-order valence-corrected chi connectivity index (χ0v) is 14.0. The summed E-state index contributed by atoms with van der Waals surface area (Å²) in [5, 5.41) is 5.90. The van der Waals surface area contributed by atoms with Gasteiger partial charge in [0.05, 0.1) is 0 Å². The van der Waals surface area contributed by atoms with Crippen molar-refractivity contribution < 1.29 is 9.59 Å². The minimum absolute atomic E-state index is 0.0288. The maximum absolute atomic E-state index is 12.8. The van der Waals surface area contributed by atoms with Crippen LogP contribution in [-0.2, 0) is 4.79 Å². The van der Waals surface area contributed by atoms with Crippen molar-refractivity contribution in [2.75, 3.05) is 0 Å². The van der Waals surface area contributed by atoms with E-state index in [-0.39, 0.29) is 17.9 Å². The van der Waals surface area contributed by atoms with Crippen molar-refractivity contribution in [3.63, 3.8) is 0 Å². The van der Waals surface area contributed by atoms with E-state index >= 15 is 0 Å². The molecular formula is C21H22N2O2. The number of hydrogen-bond donors (Lipinski definition) is 2. The van der Waals surface area contributed by atoms with Gasteiger partial charge in [-0.2, -0.15) is 0 Å². The van der Waals surface area contributed by atoms with E-state index in [1.165, 1.54) is 0 Å². The fraction of sp³-hybridized carbons (Fsp3) is 0.238. The lowest BCUT2D eigenvalue weighted by molar-refractivity contribution is -0.123. The highest BCUT2D eigenvalue weighted by Gasteiger charge is 2.25. The van der Waals surface area contributed by atoms with Crippen LogP contribution >= 0.6 is 0 Å². The molecule has 0 heterocycles. The van der Waals surface area contributed by atoms with Gasteiger partial charge in [-0.05, 0) is 37.0 Å². The summed E-state index contributed by atoms with van der Waals surface area (Å²) in [7, 11) is 0. The molecule has 2 amide bonds. The number of carbonyl (C=O) groups is 2. The summed E-state index contributed by atoms with van der Waals surface area (Å²) in [5.74, 6) is -0.448. The third kappa shape index (κ3) is 4.57. The van der Waals surface area contributed by atoms with E-state index in [2.05, 4.69) is 16.7 Å². The largest absolute Gasteiger partial charge is 0.348 e. The number of benzene rings is 2. The monoisotopic (exact) mass is 334 g/mol. The minimum atomic E-state index is -0.718. The molecule has 25 heavy (non-hydrogen) atoms. The van der Waals surface area contributed by atoms with Gasteiger partial charge in [-0.25, -0.2) is 0 Å². The lowest BCUT2D eigenvalue weighted by Crippen LogP contribution is -2.44. The molecule has 4 heteroatoms. The van der Waals surface area contributed by atoms with Gasteiger partial charge in [-0.3, -0.25) is 9.59 Å². The molecule has 2 atom stereocenters. The van der Waals surface area contributed by atoms with Crippen molar-refractivity contribution >= 4 is 11.8 Å². The Morgan fingerprint density at radius 3 is 2.28 bits per heavy atom. The molecule has 0 aromatic heterocycles. The van der Waals surface area contributed by atoms with E-state index in [1.807, 2.05) is 42.5 Å². The molecule has 128 valence electrons. The van der Waals surface area contributed by atoms with E-state index in [1.54, 1.807) is 24.3 Å². The second kappa shape index (κ2) is 8.29. The molecule has 0 bridgehead atoms. The summed E-state index contributed by atoms with van der Waals surface area (Å²) >= 11 is 0. The van der Waals surface area contributed by atoms with Gasteiger partial charge in [-0.1, -0.05) is 60.7 Å². The number of hydrogen-bond acceptors (Lipinski definition) is 2. The third-order valence-corrected chi connectivity index (χ3v) is 4.29. The molecule has 0 spiro atoms. The molecule has 0 aliphatic heterocycles. The predicted molar refractivity (Wildman–Crippen MR) is 98.0 cm³/mol. The van der Waals surface area contributed by atoms with Crippen molar-refractivity contribution in [2.24, 2.45) is 0 Å². The van der Waals surface area contributed by atoms with E-state index in [4.69, 9.17) is 0 Å². The number of allylic oxidation sites excluding steroid dienone is 1. The van der Waals surface area contributed by atoms with Crippen LogP contribution in [0.5, 0.6) is 0 Å². The second-order valence-corrected chi connectivity index (χ2v) is 6.16. The molecular weight excluding hydrogens is 312 g/mol. The first kappa shape index (κ1) is 17.0. The molecule has 3 rings (SSSR count). The first-order chi connectivity index (χ1) is 12.2. The maximum Gasteiger partial charge on any atom is 0.252 e. The average Bonchev–Trinajstić information content (AvgIpc) is 2.68. The SMILES string of the molecule is O=C(N[C@H](C(=O)N[C@@H]1C=CCCC1)c1ccccc1)c1ccccc1. The van der Waals surface area contributed by atoms with Crippen LogP contribution in [0.15, 0.2) is 72.8 Å². The van der Waals surface area contributed by atoms with Gasteiger partial charge in [0.25, 0.3) is 5.91 Å². The van der Waals surface area contributed by atoms with Crippen molar-refractivity contribution in [1.82, 2.24) is 10.6 Å². The Labute approximate surface area is 148 Å². The van der Waals surface area contributed by atoms with Crippen LogP contribution in [0, 0.1) is 0 Å². The standard InChI is InChI=1S/C21H22N2O2/c24-20(17-12-6-2-7-13-17)23-19(16-10-4-1-5-11-16)21(25)22-18-14-8-3-9-15-18/h1-2,4-8,10-14,18-19H,3,9,15H2,(H,22,25)(H,23,24)/t18-,19+/m1/s1. The summed E-state index contributed by atoms with van der Waals surface area (Å²) < 4.78 is 0. The number of nitrogens with one attached hydrogen (secondary N) is 2. The van der Waals surface area contributed by atoms with Crippen molar-refractivity contribution in [3.05, 3.63) is 83.9 Å². The molecule has 2 aromatic rings. The first-order valence-corrected chi connectivity index (χ1v) is 8.62. The van der Waals surface area contributed by atoms with Crippen LogP contribution in [0.4, 0.5) is 0 Å². The summed E-state index contributed by atoms with van der Waals surface area (Å²) in [4.78, 5) is 25.3. The quantitative estimate of drug-likeness (QED) is 0.824. The summed E-state index contributed by atoms with van der Waals surface area (Å²) in [5.41, 5.74) is 1.30. The van der Waals surface area contributed by atoms with E-state index in [0.717, 1.165) is 24.8 Å². The zero-order valence-electron chi connectivity index (χ0n) is 14.0. The predicted octanol–water partition coefficient (Wildman–Crippen LogP) is 3.38. The Morgan fingerprint density at radius 2 is 1.64 bits per heavy atom. The Morgan fingerprint density at radius 1 is 0.960 bits per heavy atom. The topological polar surface area (TPSA) is 58.2 Å². The van der Waals surface area contributed by atoms with Crippen molar-refractivity contribution in [1.29, 1.82) is 0 Å². The van der Waals surface area contributed by atoms with Crippen LogP contribution in [0.25, 0.3) is 0 Å². The molecule has 0 radical (unpaired) electrons. The molecule has 1 aliphatic carbocycles. The smallest absolute Gasteiger partial charge is 0.252 e. The fourth-order valence-corrected chi connectivity index (χ4v) is 2.95. The minimum Gasteiger partial charge on any atom is -0.348 e. The average molecular weight is 334 g/mol. The molecule has 4 nitrogen and oxygen atoms in total. The first-order valence-electron chi connectivity index (χ1n) is 8.62. The molecule has 0 saturated carbocycles. The van der Waals surface area contributed by atoms with Gasteiger partial charge >= 0.3 is 0 Å². The summed E-state index contributed by atoms with van der Waals surface area (Å²) in [6, 6.07) is 17.6. The lowest BCUT2D eigenvalue weighted by atomic mass is 10.0. The third-order valence-electron chi connectivity index (χ3n) is 4.29. The fourth-order valence-electron chi connectivity index (χ4n) is 2.95. The number of amides is 2. The van der Waals surface area contributed by atoms with Gasteiger partial charge in [0.2, 0.25) is 5.91 Å². The molecule has 0 saturated heterocycles. The summed E-state index contributed by atoms with van der Waals surface area (Å²) in [6.45, 7) is 0. The Kier molecular flexibility index (Phi) is 5.62. The van der Waals surface area contributed by atoms with Gasteiger partial charge < -0.3 is 10.6 Å². The van der Waals surface area contributed by atoms with Gasteiger partial charge in [0, 0.05) is 11.6 Å². The normalized spacial score (nSPS) is 17.5. The van der Waals surface area contributed by atoms with Crippen LogP contribution in [0.3, 0.4) is 0 Å². The van der Waals surface area contributed by atoms with Crippen molar-refractivity contribution in [2.45, 2.75) is 31.3 Å². The molecule has 2 N–H and O–H groups in total. The van der Waals surface area contributed by atoms with Gasteiger partial charge in [-0.15, -0.1) is 0 Å². The Balaban J connectivity index is 1.77. The summed E-state index contributed by atoms with van der Waals surface area (Å²) in [6.07, 6.45) is 7.17. The molecule has 2 aromatic carbocycles. The Bertz CT molecular complexity index is 741. The van der Waals surface area contributed by atoms with Gasteiger partial charge in [0.1, 0.15) is 6.04 Å². The highest BCUT2D eigenvalue weighted by molar-refractivity contribution is 5.97. The van der Waals surface area contributed by atoms with Crippen LogP contribution in [0.1, 0.15) is 41.2 Å². The van der Waals surface area contributed by atoms with Crippen LogP contribution in [0.2, 0.25) is 0 Å². The lowest BCUT2D eigenvalue weighted by Gasteiger charge is -2.23.